The van der Waals surface area contributed by atoms with Crippen LogP contribution in [0.3, 0.4) is 0 Å². The second-order valence-corrected chi connectivity index (χ2v) is 4.19. The molecule has 106 valence electrons. The summed E-state index contributed by atoms with van der Waals surface area (Å²) < 4.78 is 37.3. The van der Waals surface area contributed by atoms with Gasteiger partial charge in [-0.05, 0) is 35.9 Å². The Morgan fingerprint density at radius 3 is 2.29 bits per heavy atom. The Morgan fingerprint density at radius 1 is 1.14 bits per heavy atom. The van der Waals surface area contributed by atoms with E-state index in [1.807, 2.05) is 6.07 Å². The molecule has 1 aromatic heterocycles. The molecule has 6 heteroatoms. The van der Waals surface area contributed by atoms with Crippen LogP contribution < -0.4 is 0 Å². The highest BCUT2D eigenvalue weighted by Crippen LogP contribution is 2.29. The topological polar surface area (TPSA) is 56.9 Å². The molecule has 0 saturated carbocycles. The summed E-state index contributed by atoms with van der Waals surface area (Å²) in [5, 5.41) is 18.3. The van der Waals surface area contributed by atoms with Crippen molar-refractivity contribution in [1.29, 1.82) is 5.26 Å². The van der Waals surface area contributed by atoms with Gasteiger partial charge in [-0.15, -0.1) is 0 Å². The molecule has 2 aromatic rings. The number of alkyl halides is 3. The summed E-state index contributed by atoms with van der Waals surface area (Å²) in [4.78, 5) is 3.67. The van der Waals surface area contributed by atoms with Crippen molar-refractivity contribution in [2.75, 3.05) is 0 Å². The largest absolute Gasteiger partial charge is 0.508 e. The molecular weight excluding hydrogens is 281 g/mol. The first-order chi connectivity index (χ1) is 9.90. The summed E-state index contributed by atoms with van der Waals surface area (Å²) in [6.45, 7) is 0. The first-order valence-electron chi connectivity index (χ1n) is 5.84. The van der Waals surface area contributed by atoms with Crippen molar-refractivity contribution in [1.82, 2.24) is 4.98 Å². The van der Waals surface area contributed by atoms with Crippen LogP contribution in [0, 0.1) is 11.3 Å². The quantitative estimate of drug-likeness (QED) is 0.854. The van der Waals surface area contributed by atoms with E-state index in [9.17, 15) is 13.2 Å². The fourth-order valence-electron chi connectivity index (χ4n) is 1.62. The first kappa shape index (κ1) is 14.6. The van der Waals surface area contributed by atoms with Crippen molar-refractivity contribution < 1.29 is 18.3 Å². The zero-order valence-corrected chi connectivity index (χ0v) is 10.6. The minimum absolute atomic E-state index is 0.0818. The minimum Gasteiger partial charge on any atom is -0.508 e. The van der Waals surface area contributed by atoms with Crippen molar-refractivity contribution in [3.8, 4) is 11.8 Å². The van der Waals surface area contributed by atoms with Gasteiger partial charge in [-0.25, -0.2) is 0 Å². The molecule has 0 amide bonds. The van der Waals surface area contributed by atoms with Crippen LogP contribution in [0.2, 0.25) is 0 Å². The average Bonchev–Trinajstić information content (AvgIpc) is 2.46. The Bertz CT molecular complexity index is 696. The molecule has 1 aromatic carbocycles. The summed E-state index contributed by atoms with van der Waals surface area (Å²) in [7, 11) is 0. The Morgan fingerprint density at radius 2 is 1.81 bits per heavy atom. The number of hydrogen-bond acceptors (Lipinski definition) is 3. The molecule has 0 radical (unpaired) electrons. The second kappa shape index (κ2) is 5.67. The number of phenolic OH excluding ortho intramolecular Hbond substituents is 1. The molecule has 21 heavy (non-hydrogen) atoms. The van der Waals surface area contributed by atoms with Gasteiger partial charge in [-0.1, -0.05) is 12.1 Å². The van der Waals surface area contributed by atoms with Crippen LogP contribution in [-0.4, -0.2) is 10.1 Å². The molecule has 0 unspecified atom stereocenters. The monoisotopic (exact) mass is 290 g/mol. The van der Waals surface area contributed by atoms with E-state index in [-0.39, 0.29) is 17.0 Å². The van der Waals surface area contributed by atoms with E-state index < -0.39 is 11.7 Å². The molecule has 1 N–H and O–H groups in total. The predicted molar refractivity (Wildman–Crippen MR) is 70.8 cm³/mol. The number of nitriles is 1. The molecule has 0 aliphatic heterocycles. The maximum atomic E-state index is 12.4. The number of aromatic hydroxyl groups is 1. The maximum absolute atomic E-state index is 12.4. The lowest BCUT2D eigenvalue weighted by Gasteiger charge is -2.06. The summed E-state index contributed by atoms with van der Waals surface area (Å²) >= 11 is 0. The highest BCUT2D eigenvalue weighted by molar-refractivity contribution is 5.88. The van der Waals surface area contributed by atoms with Gasteiger partial charge in [0, 0.05) is 6.20 Å². The van der Waals surface area contributed by atoms with Crippen LogP contribution in [0.15, 0.2) is 42.6 Å². The Kier molecular flexibility index (Phi) is 3.94. The van der Waals surface area contributed by atoms with E-state index in [2.05, 4.69) is 4.98 Å². The summed E-state index contributed by atoms with van der Waals surface area (Å²) in [5.74, 6) is 0.0818. The molecular formula is C15H9F3N2O. The molecule has 3 nitrogen and oxygen atoms in total. The molecule has 2 rings (SSSR count). The highest BCUT2D eigenvalue weighted by Gasteiger charge is 2.30. The normalized spacial score (nSPS) is 12.0. The van der Waals surface area contributed by atoms with E-state index in [4.69, 9.17) is 10.4 Å². The number of phenols is 1. The van der Waals surface area contributed by atoms with E-state index in [0.29, 0.717) is 11.8 Å². The average molecular weight is 290 g/mol. The Hall–Kier alpha value is -2.81. The Balaban J connectivity index is 2.34. The van der Waals surface area contributed by atoms with Crippen LogP contribution in [0.25, 0.3) is 11.6 Å². The molecule has 0 aliphatic carbocycles. The lowest BCUT2D eigenvalue weighted by atomic mass is 10.1. The lowest BCUT2D eigenvalue weighted by Crippen LogP contribution is -2.05. The number of hydrogen-bond donors (Lipinski definition) is 1. The van der Waals surface area contributed by atoms with Crippen LogP contribution in [0.1, 0.15) is 16.8 Å². The molecule has 0 bridgehead atoms. The fraction of sp³-hybridized carbons (Fsp3) is 0.0667. The molecule has 0 atom stereocenters. The third-order valence-corrected chi connectivity index (χ3v) is 2.69. The smallest absolute Gasteiger partial charge is 0.417 e. The lowest BCUT2D eigenvalue weighted by molar-refractivity contribution is -0.137. The SMILES string of the molecule is N#C/C(=C\c1ccc(O)cc1)c1ccc(C(F)(F)F)cn1. The number of nitrogens with zero attached hydrogens (tertiary/aromatic N) is 2. The van der Waals surface area contributed by atoms with Crippen molar-refractivity contribution >= 4 is 11.6 Å². The van der Waals surface area contributed by atoms with Gasteiger partial charge >= 0.3 is 6.18 Å². The summed E-state index contributed by atoms with van der Waals surface area (Å²) in [6, 6.07) is 9.98. The minimum atomic E-state index is -4.46. The van der Waals surface area contributed by atoms with Crippen LogP contribution in [0.4, 0.5) is 13.2 Å². The van der Waals surface area contributed by atoms with Crippen molar-refractivity contribution in [3.63, 3.8) is 0 Å². The molecule has 1 heterocycles. The standard InChI is InChI=1S/C15H9F3N2O/c16-15(17,18)12-3-6-14(20-9-12)11(8-19)7-10-1-4-13(21)5-2-10/h1-7,9,21H/b11-7+. The number of halogens is 3. The second-order valence-electron chi connectivity index (χ2n) is 4.19. The van der Waals surface area contributed by atoms with E-state index in [1.165, 1.54) is 18.2 Å². The summed E-state index contributed by atoms with van der Waals surface area (Å²) in [5.41, 5.74) is 0.0483. The number of aromatic nitrogens is 1. The van der Waals surface area contributed by atoms with Crippen LogP contribution in [0.5, 0.6) is 5.75 Å². The van der Waals surface area contributed by atoms with Crippen molar-refractivity contribution in [2.24, 2.45) is 0 Å². The van der Waals surface area contributed by atoms with Crippen LogP contribution in [-0.2, 0) is 6.18 Å². The molecule has 0 spiro atoms. The maximum Gasteiger partial charge on any atom is 0.417 e. The third kappa shape index (κ3) is 3.60. The first-order valence-corrected chi connectivity index (χ1v) is 5.84. The van der Waals surface area contributed by atoms with Gasteiger partial charge < -0.3 is 5.11 Å². The van der Waals surface area contributed by atoms with Crippen LogP contribution >= 0.6 is 0 Å². The van der Waals surface area contributed by atoms with E-state index >= 15 is 0 Å². The van der Waals surface area contributed by atoms with Gasteiger partial charge in [0.1, 0.15) is 11.8 Å². The summed E-state index contributed by atoms with van der Waals surface area (Å²) in [6.07, 6.45) is -2.29. The predicted octanol–water partition coefficient (Wildman–Crippen LogP) is 3.87. The molecule has 0 aliphatic rings. The molecule has 0 fully saturated rings. The van der Waals surface area contributed by atoms with Crippen molar-refractivity contribution in [3.05, 3.63) is 59.4 Å². The zero-order chi connectivity index (χ0) is 15.5. The van der Waals surface area contributed by atoms with Crippen molar-refractivity contribution in [2.45, 2.75) is 6.18 Å². The van der Waals surface area contributed by atoms with Gasteiger partial charge in [0.15, 0.2) is 0 Å². The van der Waals surface area contributed by atoms with Gasteiger partial charge in [0.2, 0.25) is 0 Å². The zero-order valence-electron chi connectivity index (χ0n) is 10.6. The Labute approximate surface area is 118 Å². The number of rotatable bonds is 2. The third-order valence-electron chi connectivity index (χ3n) is 2.69. The van der Waals surface area contributed by atoms with Gasteiger partial charge in [0.05, 0.1) is 16.8 Å². The highest BCUT2D eigenvalue weighted by atomic mass is 19.4. The van der Waals surface area contributed by atoms with E-state index in [0.717, 1.165) is 12.1 Å². The number of pyridine rings is 1. The fourth-order valence-corrected chi connectivity index (χ4v) is 1.62. The van der Waals surface area contributed by atoms with Gasteiger partial charge in [-0.3, -0.25) is 4.98 Å². The van der Waals surface area contributed by atoms with E-state index in [1.54, 1.807) is 12.1 Å². The van der Waals surface area contributed by atoms with Gasteiger partial charge in [-0.2, -0.15) is 18.4 Å². The number of allylic oxidation sites excluding steroid dienone is 1. The molecule has 0 saturated heterocycles. The number of benzene rings is 1. The van der Waals surface area contributed by atoms with Gasteiger partial charge in [0.25, 0.3) is 0 Å².